The van der Waals surface area contributed by atoms with Crippen molar-refractivity contribution >= 4 is 5.91 Å². The van der Waals surface area contributed by atoms with E-state index in [2.05, 4.69) is 15.5 Å². The Morgan fingerprint density at radius 2 is 2.20 bits per heavy atom. The molecule has 1 saturated heterocycles. The van der Waals surface area contributed by atoms with Gasteiger partial charge in [-0.3, -0.25) is 9.69 Å². The number of amides is 1. The Kier molecular flexibility index (Phi) is 5.60. The molecule has 0 aliphatic carbocycles. The molecule has 88 valence electrons. The monoisotopic (exact) mass is 215 g/mol. The third kappa shape index (κ3) is 4.59. The van der Waals surface area contributed by atoms with Crippen LogP contribution in [0.4, 0.5) is 0 Å². The SMILES string of the molecule is CCC(CO)NC(=O)CN1CCNCC1. The van der Waals surface area contributed by atoms with Crippen LogP contribution in [-0.2, 0) is 4.79 Å². The van der Waals surface area contributed by atoms with Crippen LogP contribution in [0.25, 0.3) is 0 Å². The summed E-state index contributed by atoms with van der Waals surface area (Å²) in [5.41, 5.74) is 0. The van der Waals surface area contributed by atoms with E-state index < -0.39 is 0 Å². The Morgan fingerprint density at radius 3 is 2.73 bits per heavy atom. The number of aliphatic hydroxyl groups is 1. The number of aliphatic hydroxyl groups excluding tert-OH is 1. The number of rotatable bonds is 5. The van der Waals surface area contributed by atoms with Crippen molar-refractivity contribution < 1.29 is 9.90 Å². The summed E-state index contributed by atoms with van der Waals surface area (Å²) < 4.78 is 0. The fraction of sp³-hybridized carbons (Fsp3) is 0.900. The van der Waals surface area contributed by atoms with Crippen molar-refractivity contribution in [2.45, 2.75) is 19.4 Å². The predicted octanol–water partition coefficient (Wildman–Crippen LogP) is -1.22. The second kappa shape index (κ2) is 6.76. The first-order chi connectivity index (χ1) is 7.26. The zero-order valence-electron chi connectivity index (χ0n) is 9.33. The fourth-order valence-corrected chi connectivity index (χ4v) is 1.62. The van der Waals surface area contributed by atoms with Crippen LogP contribution < -0.4 is 10.6 Å². The minimum absolute atomic E-state index is 0.0119. The first-order valence-electron chi connectivity index (χ1n) is 5.59. The van der Waals surface area contributed by atoms with E-state index in [4.69, 9.17) is 5.11 Å². The Hall–Kier alpha value is -0.650. The van der Waals surface area contributed by atoms with Gasteiger partial charge in [-0.25, -0.2) is 0 Å². The van der Waals surface area contributed by atoms with Crippen LogP contribution in [0.2, 0.25) is 0 Å². The molecular formula is C10H21N3O2. The molecule has 0 bridgehead atoms. The summed E-state index contributed by atoms with van der Waals surface area (Å²) in [5.74, 6) is 0.0119. The molecule has 1 atom stereocenters. The third-order valence-electron chi connectivity index (χ3n) is 2.66. The van der Waals surface area contributed by atoms with Gasteiger partial charge in [-0.05, 0) is 6.42 Å². The lowest BCUT2D eigenvalue weighted by Crippen LogP contribution is -2.49. The molecule has 0 saturated carbocycles. The Bertz CT molecular complexity index is 189. The molecule has 1 heterocycles. The highest BCUT2D eigenvalue weighted by atomic mass is 16.3. The van der Waals surface area contributed by atoms with Crippen LogP contribution in [0.3, 0.4) is 0 Å². The fourth-order valence-electron chi connectivity index (χ4n) is 1.62. The van der Waals surface area contributed by atoms with Crippen LogP contribution in [0.15, 0.2) is 0 Å². The largest absolute Gasteiger partial charge is 0.394 e. The maximum absolute atomic E-state index is 11.6. The molecule has 0 aromatic rings. The van der Waals surface area contributed by atoms with Crippen molar-refractivity contribution in [2.75, 3.05) is 39.3 Å². The lowest BCUT2D eigenvalue weighted by atomic mass is 10.2. The molecule has 1 unspecified atom stereocenters. The normalized spacial score (nSPS) is 19.9. The molecule has 0 spiro atoms. The lowest BCUT2D eigenvalue weighted by Gasteiger charge is -2.27. The summed E-state index contributed by atoms with van der Waals surface area (Å²) in [4.78, 5) is 13.7. The molecule has 1 rings (SSSR count). The third-order valence-corrected chi connectivity index (χ3v) is 2.66. The first kappa shape index (κ1) is 12.4. The van der Waals surface area contributed by atoms with Crippen LogP contribution in [-0.4, -0.2) is 61.3 Å². The van der Waals surface area contributed by atoms with E-state index in [1.165, 1.54) is 0 Å². The maximum atomic E-state index is 11.6. The predicted molar refractivity (Wildman–Crippen MR) is 58.6 cm³/mol. The van der Waals surface area contributed by atoms with Gasteiger partial charge in [0.25, 0.3) is 0 Å². The van der Waals surface area contributed by atoms with Crippen LogP contribution in [0.1, 0.15) is 13.3 Å². The summed E-state index contributed by atoms with van der Waals surface area (Å²) >= 11 is 0. The van der Waals surface area contributed by atoms with Crippen molar-refractivity contribution in [3.63, 3.8) is 0 Å². The average molecular weight is 215 g/mol. The van der Waals surface area contributed by atoms with Crippen molar-refractivity contribution in [1.82, 2.24) is 15.5 Å². The highest BCUT2D eigenvalue weighted by Gasteiger charge is 2.15. The highest BCUT2D eigenvalue weighted by Crippen LogP contribution is 1.93. The number of hydrogen-bond acceptors (Lipinski definition) is 4. The Morgan fingerprint density at radius 1 is 1.53 bits per heavy atom. The van der Waals surface area contributed by atoms with Gasteiger partial charge in [0.2, 0.25) is 5.91 Å². The zero-order chi connectivity index (χ0) is 11.1. The molecule has 0 aromatic carbocycles. The number of hydrogen-bond donors (Lipinski definition) is 3. The Labute approximate surface area is 90.8 Å². The van der Waals surface area contributed by atoms with E-state index in [0.717, 1.165) is 32.6 Å². The summed E-state index contributed by atoms with van der Waals surface area (Å²) in [5, 5.41) is 15.0. The van der Waals surface area contributed by atoms with E-state index >= 15 is 0 Å². The van der Waals surface area contributed by atoms with Gasteiger partial charge in [-0.15, -0.1) is 0 Å². The number of carbonyl (C=O) groups is 1. The van der Waals surface area contributed by atoms with Crippen LogP contribution >= 0.6 is 0 Å². The van der Waals surface area contributed by atoms with Gasteiger partial charge in [0.15, 0.2) is 0 Å². The van der Waals surface area contributed by atoms with Crippen molar-refractivity contribution in [3.05, 3.63) is 0 Å². The number of carbonyl (C=O) groups excluding carboxylic acids is 1. The first-order valence-corrected chi connectivity index (χ1v) is 5.59. The van der Waals surface area contributed by atoms with Crippen molar-refractivity contribution in [1.29, 1.82) is 0 Å². The average Bonchev–Trinajstić information content (AvgIpc) is 2.27. The standard InChI is InChI=1S/C10H21N3O2/c1-2-9(8-14)12-10(15)7-13-5-3-11-4-6-13/h9,11,14H,2-8H2,1H3,(H,12,15). The Balaban J connectivity index is 2.21. The van der Waals surface area contributed by atoms with Gasteiger partial charge < -0.3 is 15.7 Å². The number of nitrogens with one attached hydrogen (secondary N) is 2. The minimum Gasteiger partial charge on any atom is -0.394 e. The van der Waals surface area contributed by atoms with E-state index in [0.29, 0.717) is 6.54 Å². The molecule has 0 radical (unpaired) electrons. The molecule has 1 amide bonds. The molecule has 1 aliphatic heterocycles. The summed E-state index contributed by atoms with van der Waals surface area (Å²) in [7, 11) is 0. The van der Waals surface area contributed by atoms with Crippen molar-refractivity contribution in [3.8, 4) is 0 Å². The molecule has 5 nitrogen and oxygen atoms in total. The van der Waals surface area contributed by atoms with Crippen LogP contribution in [0.5, 0.6) is 0 Å². The summed E-state index contributed by atoms with van der Waals surface area (Å²) in [6.07, 6.45) is 0.768. The topological polar surface area (TPSA) is 64.6 Å². The number of piperazine rings is 1. The zero-order valence-corrected chi connectivity index (χ0v) is 9.33. The van der Waals surface area contributed by atoms with Gasteiger partial charge in [0, 0.05) is 26.2 Å². The molecule has 0 aromatic heterocycles. The van der Waals surface area contributed by atoms with Crippen LogP contribution in [0, 0.1) is 0 Å². The van der Waals surface area contributed by atoms with Gasteiger partial charge in [0.1, 0.15) is 0 Å². The lowest BCUT2D eigenvalue weighted by molar-refractivity contribution is -0.123. The van der Waals surface area contributed by atoms with Gasteiger partial charge in [-0.1, -0.05) is 6.92 Å². The molecule has 1 aliphatic rings. The van der Waals surface area contributed by atoms with E-state index in [9.17, 15) is 4.79 Å². The van der Waals surface area contributed by atoms with Gasteiger partial charge in [0.05, 0.1) is 19.2 Å². The molecule has 1 fully saturated rings. The summed E-state index contributed by atoms with van der Waals surface area (Å²) in [6, 6.07) is -0.0968. The smallest absolute Gasteiger partial charge is 0.234 e. The highest BCUT2D eigenvalue weighted by molar-refractivity contribution is 5.78. The maximum Gasteiger partial charge on any atom is 0.234 e. The molecule has 15 heavy (non-hydrogen) atoms. The number of nitrogens with zero attached hydrogens (tertiary/aromatic N) is 1. The quantitative estimate of drug-likeness (QED) is 0.538. The van der Waals surface area contributed by atoms with E-state index in [1.54, 1.807) is 0 Å². The van der Waals surface area contributed by atoms with Crippen molar-refractivity contribution in [2.24, 2.45) is 0 Å². The molecule has 3 N–H and O–H groups in total. The van der Waals surface area contributed by atoms with E-state index in [-0.39, 0.29) is 18.6 Å². The second-order valence-corrected chi connectivity index (χ2v) is 3.88. The van der Waals surface area contributed by atoms with Gasteiger partial charge >= 0.3 is 0 Å². The second-order valence-electron chi connectivity index (χ2n) is 3.88. The molecular weight excluding hydrogens is 194 g/mol. The van der Waals surface area contributed by atoms with Gasteiger partial charge in [-0.2, -0.15) is 0 Å². The molecule has 5 heteroatoms. The minimum atomic E-state index is -0.0968. The summed E-state index contributed by atoms with van der Waals surface area (Å²) in [6.45, 7) is 6.15. The van der Waals surface area contributed by atoms with E-state index in [1.807, 2.05) is 6.92 Å².